The van der Waals surface area contributed by atoms with Gasteiger partial charge in [-0.25, -0.2) is 0 Å². The van der Waals surface area contributed by atoms with Gasteiger partial charge in [0.1, 0.15) is 0 Å². The first-order chi connectivity index (χ1) is 13.4. The number of rotatable bonds is 0. The van der Waals surface area contributed by atoms with Gasteiger partial charge in [-0.05, 0) is 47.5 Å². The molecule has 0 amide bonds. The largest absolute Gasteiger partial charge is 0 e. The van der Waals surface area contributed by atoms with E-state index in [1.807, 2.05) is 0 Å². The Kier molecular flexibility index (Phi) is 212. The molecule has 0 aliphatic carbocycles. The van der Waals surface area contributed by atoms with Gasteiger partial charge in [-0.2, -0.15) is 0 Å². The van der Waals surface area contributed by atoms with Crippen molar-refractivity contribution in [2.45, 2.75) is 0 Å². The Morgan fingerprint density at radius 3 is 0.242 bits per heavy atom. The van der Waals surface area contributed by atoms with Gasteiger partial charge in [-0.15, -0.1) is 0 Å². The van der Waals surface area contributed by atoms with Crippen LogP contribution in [0, 0.1) is 20.0 Å². The average Bonchev–Trinajstić information content (AvgIpc) is 2.49. The van der Waals surface area contributed by atoms with Crippen LogP contribution in [-0.2, 0) is 64.3 Å². The van der Waals surface area contributed by atoms with E-state index in [0.29, 0.717) is 0 Å². The van der Waals surface area contributed by atoms with Crippen LogP contribution in [0.25, 0.3) is 0 Å². The molecule has 0 N–H and O–H groups in total. The van der Waals surface area contributed by atoms with Crippen LogP contribution < -0.4 is 0 Å². The van der Waals surface area contributed by atoms with Crippen molar-refractivity contribution in [1.82, 2.24) is 0 Å². The van der Waals surface area contributed by atoms with E-state index in [2.05, 4.69) is 140 Å². The van der Waals surface area contributed by atoms with Gasteiger partial charge in [0.25, 0.3) is 0 Å². The third-order valence-electron chi connectivity index (χ3n) is 0. The van der Waals surface area contributed by atoms with Crippen LogP contribution in [0.5, 0.6) is 0 Å². The van der Waals surface area contributed by atoms with Crippen LogP contribution in [0.15, 0.2) is 0 Å². The van der Waals surface area contributed by atoms with Gasteiger partial charge in [0.2, 0.25) is 0 Å². The van der Waals surface area contributed by atoms with Crippen LogP contribution >= 0.6 is 47.5 Å². The Morgan fingerprint density at radius 2 is 0.242 bits per heavy atom. The van der Waals surface area contributed by atoms with E-state index < -0.39 is 0 Å². The summed E-state index contributed by atoms with van der Waals surface area (Å²) in [5.41, 5.74) is 0. The van der Waals surface area contributed by atoms with Crippen LogP contribution in [0.3, 0.4) is 0 Å². The zero-order chi connectivity index (χ0) is 27.5. The first-order valence-electron chi connectivity index (χ1n) is 9.61. The van der Waals surface area contributed by atoms with Crippen molar-refractivity contribution in [2.24, 2.45) is 0 Å². The van der Waals surface area contributed by atoms with E-state index in [1.165, 1.54) is 0 Å². The molecule has 0 bridgehead atoms. The summed E-state index contributed by atoms with van der Waals surface area (Å²) in [7, 11) is 0.722. The van der Waals surface area contributed by atoms with Crippen LogP contribution in [0.2, 0.25) is 0 Å². The quantitative estimate of drug-likeness (QED) is 0.158. The molecule has 0 saturated carbocycles. The second kappa shape index (κ2) is 91.5. The van der Waals surface area contributed by atoms with E-state index in [-0.39, 0.29) is 97.9 Å². The molecule has 0 aliphatic heterocycles. The maximum absolute atomic E-state index is 7.50. The van der Waals surface area contributed by atoms with Crippen molar-refractivity contribution >= 4 is 47.5 Å². The molecule has 0 aromatic heterocycles. The summed E-state index contributed by atoms with van der Waals surface area (Å²) in [6.07, 6.45) is 0. The van der Waals surface area contributed by atoms with Crippen molar-refractivity contribution in [1.29, 1.82) is 0 Å². The second-order valence-electron chi connectivity index (χ2n) is 9.00. The summed E-state index contributed by atoms with van der Waals surface area (Å²) in [6.45, 7) is 54.3. The topological polar surface area (TPSA) is 59.7 Å². The molecular weight excluding hydrogens is 663 g/mol. The van der Waals surface area contributed by atoms with E-state index >= 15 is 0 Å². The minimum absolute atomic E-state index is 0. The van der Waals surface area contributed by atoms with Gasteiger partial charge in [0, 0.05) is 170 Å². The molecule has 12 heteroatoms. The van der Waals surface area contributed by atoms with Crippen molar-refractivity contribution in [2.75, 3.05) is 120 Å². The summed E-state index contributed by atoms with van der Waals surface area (Å²) in [6, 6.07) is 0. The first kappa shape index (κ1) is 76.6. The van der Waals surface area contributed by atoms with Crippen molar-refractivity contribution in [3.8, 4) is 0 Å². The zero-order valence-electron chi connectivity index (χ0n) is 24.7. The molecular formula is C21H60Co3O3P6+6. The zero-order valence-corrected chi connectivity index (χ0v) is 33.8. The fourth-order valence-electron chi connectivity index (χ4n) is 0. The number of hydrogen-bond acceptors (Lipinski definition) is 0. The molecule has 0 atom stereocenters. The number of hydrogen-bond donors (Lipinski definition) is 0. The SMILES string of the molecule is C[PH+](C)C.C[PH+](C)C.C[PH+](C)C.C[PH+](C)C.C[PH+](C)C.C[PH+](C)C.[C-]#[O+].[C-]#[O+].[C-]#[O+].[Co].[Co].[Co]. The molecule has 0 aliphatic rings. The summed E-state index contributed by atoms with van der Waals surface area (Å²) in [5, 5.41) is 0. The third-order valence-corrected chi connectivity index (χ3v) is 0. The molecule has 3 radical (unpaired) electrons. The van der Waals surface area contributed by atoms with Crippen molar-refractivity contribution in [3.63, 3.8) is 0 Å². The summed E-state index contributed by atoms with van der Waals surface area (Å²) in [4.78, 5) is 0. The first-order valence-corrected chi connectivity index (χ1v) is 27.6. The Morgan fingerprint density at radius 1 is 0.242 bits per heavy atom. The Balaban J connectivity index is -0.0000000151. The van der Waals surface area contributed by atoms with E-state index in [9.17, 15) is 0 Å². The molecule has 0 aromatic rings. The van der Waals surface area contributed by atoms with Crippen LogP contribution in [-0.4, -0.2) is 120 Å². The summed E-state index contributed by atoms with van der Waals surface area (Å²) in [5.74, 6) is 0. The van der Waals surface area contributed by atoms with E-state index in [4.69, 9.17) is 14.0 Å². The van der Waals surface area contributed by atoms with E-state index in [1.54, 1.807) is 0 Å². The van der Waals surface area contributed by atoms with Gasteiger partial charge in [-0.3, -0.25) is 0 Å². The molecule has 0 heterocycles. The van der Waals surface area contributed by atoms with E-state index in [0.717, 1.165) is 0 Å². The average molecular weight is 723 g/mol. The maximum Gasteiger partial charge on any atom is 0 e. The minimum atomic E-state index is 0. The van der Waals surface area contributed by atoms with Gasteiger partial charge in [-0.1, -0.05) is 0 Å². The Labute approximate surface area is 250 Å². The molecule has 0 spiro atoms. The fourth-order valence-corrected chi connectivity index (χ4v) is 0. The summed E-state index contributed by atoms with van der Waals surface area (Å²) >= 11 is 0. The Bertz CT molecular complexity index is 202. The van der Waals surface area contributed by atoms with Crippen molar-refractivity contribution in [3.05, 3.63) is 20.0 Å². The van der Waals surface area contributed by atoms with Crippen LogP contribution in [0.4, 0.5) is 0 Å². The molecule has 213 valence electrons. The molecule has 0 saturated heterocycles. The fraction of sp³-hybridized carbons (Fsp3) is 0.857. The van der Waals surface area contributed by atoms with Gasteiger partial charge < -0.3 is 0 Å². The third kappa shape index (κ3) is 3560. The van der Waals surface area contributed by atoms with Gasteiger partial charge in [0.05, 0.1) is 0 Å². The molecule has 0 rings (SSSR count). The monoisotopic (exact) mass is 723 g/mol. The normalized spacial score (nSPS) is 6.73. The Hall–Kier alpha value is 3.32. The van der Waals surface area contributed by atoms with Gasteiger partial charge >= 0.3 is 33.9 Å². The predicted molar refractivity (Wildman–Crippen MR) is 168 cm³/mol. The molecule has 3 nitrogen and oxygen atoms in total. The van der Waals surface area contributed by atoms with Crippen molar-refractivity contribution < 1.29 is 64.3 Å². The molecule has 33 heavy (non-hydrogen) atoms. The van der Waals surface area contributed by atoms with Crippen LogP contribution in [0.1, 0.15) is 0 Å². The maximum atomic E-state index is 7.50. The predicted octanol–water partition coefficient (Wildman–Crippen LogP) is 6.42. The molecule has 0 unspecified atom stereocenters. The smallest absolute Gasteiger partial charge is 0 e. The molecule has 0 aromatic carbocycles. The minimum Gasteiger partial charge on any atom is 0 e. The summed E-state index contributed by atoms with van der Waals surface area (Å²) < 4.78 is 22.5. The molecule has 0 fully saturated rings. The standard InChI is InChI=1S/6C3H9P.3CO.3Co/c6*1-4(2)3;3*1-2;;;/h6*1-3H3;;;;;;/p+6. The second-order valence-corrected chi connectivity index (χ2v) is 27.0. The van der Waals surface area contributed by atoms with Gasteiger partial charge in [0.15, 0.2) is 0 Å².